The summed E-state index contributed by atoms with van der Waals surface area (Å²) in [6.07, 6.45) is 2.55. The van der Waals surface area contributed by atoms with E-state index in [0.29, 0.717) is 0 Å². The zero-order valence-corrected chi connectivity index (χ0v) is 11.1. The first kappa shape index (κ1) is 14.2. The van der Waals surface area contributed by atoms with Crippen molar-refractivity contribution in [1.82, 2.24) is 4.90 Å². The fraction of sp³-hybridized carbons (Fsp3) is 0.600. The zero-order valence-electron chi connectivity index (χ0n) is 11.1. The summed E-state index contributed by atoms with van der Waals surface area (Å²) in [6.45, 7) is 7.48. The van der Waals surface area contributed by atoms with Crippen LogP contribution in [0.25, 0.3) is 0 Å². The summed E-state index contributed by atoms with van der Waals surface area (Å²) in [4.78, 5) is 2.35. The Morgan fingerprint density at radius 1 is 1.06 bits per heavy atom. The summed E-state index contributed by atoms with van der Waals surface area (Å²) < 4.78 is 0. The van der Waals surface area contributed by atoms with Crippen LogP contribution in [0.4, 0.5) is 0 Å². The van der Waals surface area contributed by atoms with Crippen molar-refractivity contribution in [2.75, 3.05) is 19.6 Å². The van der Waals surface area contributed by atoms with Crippen LogP contribution in [-0.2, 0) is 6.42 Å². The number of nitrogens with zero attached hydrogens (tertiary/aromatic N) is 1. The highest BCUT2D eigenvalue weighted by atomic mass is 16.3. The van der Waals surface area contributed by atoms with Crippen molar-refractivity contribution in [2.24, 2.45) is 0 Å². The Hall–Kier alpha value is -0.860. The van der Waals surface area contributed by atoms with Gasteiger partial charge in [0, 0.05) is 6.54 Å². The molecule has 1 atom stereocenters. The van der Waals surface area contributed by atoms with Gasteiger partial charge >= 0.3 is 0 Å². The highest BCUT2D eigenvalue weighted by molar-refractivity contribution is 5.14. The van der Waals surface area contributed by atoms with Gasteiger partial charge in [-0.2, -0.15) is 0 Å². The fourth-order valence-corrected chi connectivity index (χ4v) is 1.99. The van der Waals surface area contributed by atoms with Gasteiger partial charge in [-0.15, -0.1) is 0 Å². The third-order valence-electron chi connectivity index (χ3n) is 3.28. The average Bonchev–Trinajstić information content (AvgIpc) is 2.39. The van der Waals surface area contributed by atoms with Gasteiger partial charge in [-0.3, -0.25) is 0 Å². The van der Waals surface area contributed by atoms with Gasteiger partial charge in [0.05, 0.1) is 6.10 Å². The molecule has 17 heavy (non-hydrogen) atoms. The van der Waals surface area contributed by atoms with Crippen LogP contribution >= 0.6 is 0 Å². The van der Waals surface area contributed by atoms with Crippen molar-refractivity contribution in [3.8, 4) is 0 Å². The first-order valence-electron chi connectivity index (χ1n) is 6.70. The molecule has 0 aliphatic heterocycles. The molecule has 2 nitrogen and oxygen atoms in total. The summed E-state index contributed by atoms with van der Waals surface area (Å²) in [7, 11) is 0. The van der Waals surface area contributed by atoms with Crippen LogP contribution in [0.2, 0.25) is 0 Å². The van der Waals surface area contributed by atoms with Gasteiger partial charge in [-0.05, 0) is 37.9 Å². The lowest BCUT2D eigenvalue weighted by molar-refractivity contribution is 0.135. The summed E-state index contributed by atoms with van der Waals surface area (Å²) in [5.74, 6) is 0. The third kappa shape index (κ3) is 5.85. The Labute approximate surface area is 105 Å². The number of benzene rings is 1. The second-order valence-corrected chi connectivity index (χ2v) is 4.49. The van der Waals surface area contributed by atoms with E-state index < -0.39 is 0 Å². The average molecular weight is 235 g/mol. The van der Waals surface area contributed by atoms with E-state index >= 15 is 0 Å². The van der Waals surface area contributed by atoms with Gasteiger partial charge in [0.2, 0.25) is 0 Å². The largest absolute Gasteiger partial charge is 0.393 e. The first-order valence-corrected chi connectivity index (χ1v) is 6.70. The highest BCUT2D eigenvalue weighted by Gasteiger charge is 2.07. The molecule has 0 heterocycles. The molecule has 1 aromatic rings. The van der Waals surface area contributed by atoms with Gasteiger partial charge < -0.3 is 10.0 Å². The molecular weight excluding hydrogens is 210 g/mol. The van der Waals surface area contributed by atoms with Crippen LogP contribution in [-0.4, -0.2) is 35.7 Å². The lowest BCUT2D eigenvalue weighted by Crippen LogP contribution is -2.27. The molecule has 0 aliphatic carbocycles. The lowest BCUT2D eigenvalue weighted by atomic mass is 10.0. The topological polar surface area (TPSA) is 23.5 Å². The minimum atomic E-state index is -0.171. The monoisotopic (exact) mass is 235 g/mol. The van der Waals surface area contributed by atoms with Gasteiger partial charge in [0.15, 0.2) is 0 Å². The molecule has 1 N–H and O–H groups in total. The summed E-state index contributed by atoms with van der Waals surface area (Å²) in [5.41, 5.74) is 1.31. The van der Waals surface area contributed by atoms with Gasteiger partial charge in [-0.1, -0.05) is 44.2 Å². The smallest absolute Gasteiger partial charge is 0.0555 e. The fourth-order valence-electron chi connectivity index (χ4n) is 1.99. The van der Waals surface area contributed by atoms with Crippen molar-refractivity contribution in [3.63, 3.8) is 0 Å². The number of rotatable bonds is 8. The number of aryl methyl sites for hydroxylation is 1. The molecular formula is C15H25NO. The maximum Gasteiger partial charge on any atom is 0.0555 e. The van der Waals surface area contributed by atoms with E-state index in [1.165, 1.54) is 5.56 Å². The first-order chi connectivity index (χ1) is 8.26. The van der Waals surface area contributed by atoms with E-state index in [-0.39, 0.29) is 6.10 Å². The summed E-state index contributed by atoms with van der Waals surface area (Å²) >= 11 is 0. The molecule has 0 aromatic heterocycles. The predicted molar refractivity (Wildman–Crippen MR) is 73.2 cm³/mol. The Balaban J connectivity index is 2.19. The second kappa shape index (κ2) is 8.26. The predicted octanol–water partition coefficient (Wildman–Crippen LogP) is 2.71. The van der Waals surface area contributed by atoms with Gasteiger partial charge in [0.1, 0.15) is 0 Å². The van der Waals surface area contributed by atoms with Crippen molar-refractivity contribution >= 4 is 0 Å². The van der Waals surface area contributed by atoms with Crippen molar-refractivity contribution in [2.45, 2.75) is 39.2 Å². The molecule has 0 amide bonds. The number of hydrogen-bond acceptors (Lipinski definition) is 2. The minimum absolute atomic E-state index is 0.171. The maximum absolute atomic E-state index is 9.92. The number of aliphatic hydroxyl groups excluding tert-OH is 1. The highest BCUT2D eigenvalue weighted by Crippen LogP contribution is 2.07. The zero-order chi connectivity index (χ0) is 12.5. The quantitative estimate of drug-likeness (QED) is 0.749. The van der Waals surface area contributed by atoms with E-state index in [0.717, 1.165) is 38.9 Å². The van der Waals surface area contributed by atoms with Crippen molar-refractivity contribution < 1.29 is 5.11 Å². The van der Waals surface area contributed by atoms with Crippen LogP contribution in [0.15, 0.2) is 30.3 Å². The Kier molecular flexibility index (Phi) is 6.90. The molecule has 0 aliphatic rings. The van der Waals surface area contributed by atoms with Crippen LogP contribution in [0.3, 0.4) is 0 Å². The Morgan fingerprint density at radius 3 is 2.29 bits per heavy atom. The minimum Gasteiger partial charge on any atom is -0.393 e. The molecule has 0 saturated heterocycles. The van der Waals surface area contributed by atoms with Crippen molar-refractivity contribution in [1.29, 1.82) is 0 Å². The molecule has 0 bridgehead atoms. The molecule has 0 radical (unpaired) electrons. The molecule has 1 unspecified atom stereocenters. The van der Waals surface area contributed by atoms with E-state index in [1.807, 2.05) is 6.07 Å². The summed E-state index contributed by atoms with van der Waals surface area (Å²) in [5, 5.41) is 9.92. The van der Waals surface area contributed by atoms with Crippen LogP contribution in [0, 0.1) is 0 Å². The normalized spacial score (nSPS) is 12.9. The van der Waals surface area contributed by atoms with E-state index in [9.17, 15) is 5.11 Å². The maximum atomic E-state index is 9.92. The third-order valence-corrected chi connectivity index (χ3v) is 3.28. The van der Waals surface area contributed by atoms with E-state index in [1.54, 1.807) is 0 Å². The molecule has 2 heteroatoms. The van der Waals surface area contributed by atoms with Crippen molar-refractivity contribution in [3.05, 3.63) is 35.9 Å². The number of hydrogen-bond donors (Lipinski definition) is 1. The van der Waals surface area contributed by atoms with Gasteiger partial charge in [0.25, 0.3) is 0 Å². The van der Waals surface area contributed by atoms with Crippen LogP contribution in [0.1, 0.15) is 32.3 Å². The molecule has 1 rings (SSSR count). The van der Waals surface area contributed by atoms with E-state index in [4.69, 9.17) is 0 Å². The second-order valence-electron chi connectivity index (χ2n) is 4.49. The molecule has 0 saturated carbocycles. The summed E-state index contributed by atoms with van der Waals surface area (Å²) in [6, 6.07) is 10.4. The van der Waals surface area contributed by atoms with Crippen LogP contribution < -0.4 is 0 Å². The van der Waals surface area contributed by atoms with Gasteiger partial charge in [-0.25, -0.2) is 0 Å². The molecule has 0 spiro atoms. The molecule has 0 fully saturated rings. The lowest BCUT2D eigenvalue weighted by Gasteiger charge is -2.20. The van der Waals surface area contributed by atoms with E-state index in [2.05, 4.69) is 43.0 Å². The molecule has 96 valence electrons. The SMILES string of the molecule is CCN(CC)CCC(O)CCc1ccccc1. The van der Waals surface area contributed by atoms with Crippen LogP contribution in [0.5, 0.6) is 0 Å². The number of aliphatic hydroxyl groups is 1. The molecule has 1 aromatic carbocycles. The Morgan fingerprint density at radius 2 is 1.71 bits per heavy atom. The Bertz CT molecular complexity index is 282. The standard InChI is InChI=1S/C15H25NO/c1-3-16(4-2)13-12-15(17)11-10-14-8-6-5-7-9-14/h5-9,15,17H,3-4,10-13H2,1-2H3.